The molecule has 3 N–H and O–H groups in total. The van der Waals surface area contributed by atoms with Crippen molar-refractivity contribution in [3.8, 4) is 5.88 Å². The fourth-order valence-corrected chi connectivity index (χ4v) is 4.01. The van der Waals surface area contributed by atoms with Crippen molar-refractivity contribution < 1.29 is 9.84 Å². The quantitative estimate of drug-likeness (QED) is 0.229. The Morgan fingerprint density at radius 3 is 2.80 bits per heavy atom. The lowest BCUT2D eigenvalue weighted by molar-refractivity contribution is 0.184. The first-order valence-corrected chi connectivity index (χ1v) is 10.7. The topological polar surface area (TPSA) is 78.8 Å². The van der Waals surface area contributed by atoms with Crippen LogP contribution in [0.25, 0.3) is 10.1 Å². The number of ether oxygens (including phenoxy) is 1. The number of nitrogens with zero attached hydrogens (tertiary/aromatic N) is 2. The van der Waals surface area contributed by atoms with E-state index in [0.29, 0.717) is 24.9 Å². The maximum atomic E-state index is 10.5. The van der Waals surface area contributed by atoms with Gasteiger partial charge in [-0.2, -0.15) is 0 Å². The number of pyridine rings is 1. The lowest BCUT2D eigenvalue weighted by Gasteiger charge is -2.14. The maximum Gasteiger partial charge on any atom is 0.213 e. The van der Waals surface area contributed by atoms with Crippen LogP contribution in [0.2, 0.25) is 0 Å². The standard InChI is InChI=1S/C22H26N4O2S.HI/c1-23-22(25-12-16-8-9-21(24-11-16)28-14-15-6-7-15)26-13-18(27)20-10-17-4-2-3-5-19(17)29-20;/h2-5,8-11,15,18,27H,6-7,12-14H2,1H3,(H2,23,25,26);1H. The average Bonchev–Trinajstić information content (AvgIpc) is 3.48. The zero-order valence-electron chi connectivity index (χ0n) is 16.9. The minimum Gasteiger partial charge on any atom is -0.477 e. The molecule has 0 saturated heterocycles. The Labute approximate surface area is 197 Å². The van der Waals surface area contributed by atoms with Crippen LogP contribution in [0.4, 0.5) is 0 Å². The van der Waals surface area contributed by atoms with Crippen molar-refractivity contribution in [3.63, 3.8) is 0 Å². The molecule has 1 aromatic carbocycles. The average molecular weight is 538 g/mol. The Hall–Kier alpha value is -1.91. The van der Waals surface area contributed by atoms with Gasteiger partial charge in [-0.15, -0.1) is 35.3 Å². The highest BCUT2D eigenvalue weighted by Gasteiger charge is 2.22. The summed E-state index contributed by atoms with van der Waals surface area (Å²) in [6.07, 6.45) is 3.77. The summed E-state index contributed by atoms with van der Waals surface area (Å²) in [7, 11) is 1.72. The molecule has 1 atom stereocenters. The first-order chi connectivity index (χ1) is 14.2. The number of aromatic nitrogens is 1. The summed E-state index contributed by atoms with van der Waals surface area (Å²) in [5.41, 5.74) is 1.04. The molecule has 8 heteroatoms. The van der Waals surface area contributed by atoms with Gasteiger partial charge in [-0.25, -0.2) is 4.98 Å². The molecule has 1 aliphatic rings. The summed E-state index contributed by atoms with van der Waals surface area (Å²) in [5, 5.41) is 18.1. The summed E-state index contributed by atoms with van der Waals surface area (Å²) in [4.78, 5) is 9.53. The number of rotatable bonds is 8. The Bertz CT molecular complexity index is 940. The minimum absolute atomic E-state index is 0. The van der Waals surface area contributed by atoms with E-state index in [9.17, 15) is 5.11 Å². The summed E-state index contributed by atoms with van der Waals surface area (Å²) in [5.74, 6) is 2.03. The molecule has 0 radical (unpaired) electrons. The zero-order chi connectivity index (χ0) is 20.1. The summed E-state index contributed by atoms with van der Waals surface area (Å²) >= 11 is 1.62. The number of thiophene rings is 1. The zero-order valence-corrected chi connectivity index (χ0v) is 20.0. The molecule has 0 aliphatic heterocycles. The van der Waals surface area contributed by atoms with E-state index in [2.05, 4.69) is 32.7 Å². The molecule has 1 fully saturated rings. The molecule has 3 aromatic rings. The normalized spacial score (nSPS) is 14.8. The van der Waals surface area contributed by atoms with Crippen LogP contribution in [-0.4, -0.2) is 36.2 Å². The number of aliphatic hydroxyl groups is 1. The Morgan fingerprint density at radius 1 is 1.27 bits per heavy atom. The molecule has 4 rings (SSSR count). The van der Waals surface area contributed by atoms with E-state index in [-0.39, 0.29) is 24.0 Å². The van der Waals surface area contributed by atoms with Gasteiger partial charge in [0.25, 0.3) is 0 Å². The molecule has 1 aliphatic carbocycles. The molecule has 1 unspecified atom stereocenters. The molecule has 2 heterocycles. The smallest absolute Gasteiger partial charge is 0.213 e. The third-order valence-electron chi connectivity index (χ3n) is 4.88. The highest BCUT2D eigenvalue weighted by atomic mass is 127. The molecule has 6 nitrogen and oxygen atoms in total. The van der Waals surface area contributed by atoms with Crippen molar-refractivity contribution in [1.29, 1.82) is 0 Å². The van der Waals surface area contributed by atoms with Crippen LogP contribution in [0.5, 0.6) is 5.88 Å². The molecule has 160 valence electrons. The van der Waals surface area contributed by atoms with Crippen LogP contribution in [-0.2, 0) is 6.54 Å². The number of nitrogens with one attached hydrogen (secondary N) is 2. The van der Waals surface area contributed by atoms with Crippen molar-refractivity contribution in [2.45, 2.75) is 25.5 Å². The highest BCUT2D eigenvalue weighted by Crippen LogP contribution is 2.30. The van der Waals surface area contributed by atoms with Gasteiger partial charge in [-0.1, -0.05) is 24.3 Å². The van der Waals surface area contributed by atoms with E-state index in [1.807, 2.05) is 36.5 Å². The summed E-state index contributed by atoms with van der Waals surface area (Å²) < 4.78 is 6.85. The van der Waals surface area contributed by atoms with Gasteiger partial charge in [0.1, 0.15) is 6.10 Å². The van der Waals surface area contributed by atoms with E-state index >= 15 is 0 Å². The van der Waals surface area contributed by atoms with Gasteiger partial charge in [0.2, 0.25) is 5.88 Å². The van der Waals surface area contributed by atoms with Gasteiger partial charge in [0.05, 0.1) is 6.61 Å². The van der Waals surface area contributed by atoms with E-state index in [1.165, 1.54) is 17.5 Å². The number of hydrogen-bond donors (Lipinski definition) is 3. The SMILES string of the molecule is CN=C(NCc1ccc(OCC2CC2)nc1)NCC(O)c1cc2ccccc2s1.I. The first-order valence-electron chi connectivity index (χ1n) is 9.90. The van der Waals surface area contributed by atoms with Gasteiger partial charge in [-0.05, 0) is 41.8 Å². The van der Waals surface area contributed by atoms with Gasteiger partial charge in [0, 0.05) is 42.0 Å². The Balaban J connectivity index is 0.00000256. The van der Waals surface area contributed by atoms with E-state index in [1.54, 1.807) is 18.4 Å². The minimum atomic E-state index is -0.587. The Kier molecular flexibility index (Phi) is 8.29. The third-order valence-corrected chi connectivity index (χ3v) is 6.10. The first kappa shape index (κ1) is 22.8. The second-order valence-electron chi connectivity index (χ2n) is 7.27. The van der Waals surface area contributed by atoms with Crippen LogP contribution < -0.4 is 15.4 Å². The van der Waals surface area contributed by atoms with E-state index in [4.69, 9.17) is 4.74 Å². The number of fused-ring (bicyclic) bond motifs is 1. The molecular formula is C22H27IN4O2S. The predicted octanol–water partition coefficient (Wildman–Crippen LogP) is 4.10. The van der Waals surface area contributed by atoms with E-state index < -0.39 is 6.10 Å². The van der Waals surface area contributed by atoms with Crippen LogP contribution in [0.1, 0.15) is 29.4 Å². The van der Waals surface area contributed by atoms with Gasteiger partial charge < -0.3 is 20.5 Å². The number of aliphatic imine (C=N–C) groups is 1. The number of halogens is 1. The molecule has 30 heavy (non-hydrogen) atoms. The third kappa shape index (κ3) is 6.29. The van der Waals surface area contributed by atoms with Crippen molar-refractivity contribution in [1.82, 2.24) is 15.6 Å². The lowest BCUT2D eigenvalue weighted by atomic mass is 10.2. The van der Waals surface area contributed by atoms with Crippen LogP contribution in [0.15, 0.2) is 53.7 Å². The number of aliphatic hydroxyl groups excluding tert-OH is 1. The van der Waals surface area contributed by atoms with Crippen molar-refractivity contribution in [3.05, 3.63) is 59.1 Å². The molecule has 2 aromatic heterocycles. The molecule has 0 bridgehead atoms. The van der Waals surface area contributed by atoms with Gasteiger partial charge in [-0.3, -0.25) is 4.99 Å². The number of guanidine groups is 1. The van der Waals surface area contributed by atoms with Crippen LogP contribution >= 0.6 is 35.3 Å². The largest absolute Gasteiger partial charge is 0.477 e. The molecule has 1 saturated carbocycles. The predicted molar refractivity (Wildman–Crippen MR) is 133 cm³/mol. The second-order valence-corrected chi connectivity index (χ2v) is 8.38. The monoisotopic (exact) mass is 538 g/mol. The molecular weight excluding hydrogens is 511 g/mol. The summed E-state index contributed by atoms with van der Waals surface area (Å²) in [6.45, 7) is 1.75. The maximum absolute atomic E-state index is 10.5. The van der Waals surface area contributed by atoms with Crippen molar-refractivity contribution >= 4 is 51.4 Å². The van der Waals surface area contributed by atoms with E-state index in [0.717, 1.165) is 28.4 Å². The van der Waals surface area contributed by atoms with Gasteiger partial charge in [0.15, 0.2) is 5.96 Å². The molecule has 0 amide bonds. The fraction of sp³-hybridized carbons (Fsp3) is 0.364. The van der Waals surface area contributed by atoms with Crippen LogP contribution in [0.3, 0.4) is 0 Å². The summed E-state index contributed by atoms with van der Waals surface area (Å²) in [6, 6.07) is 14.1. The Morgan fingerprint density at radius 2 is 2.10 bits per heavy atom. The lowest BCUT2D eigenvalue weighted by Crippen LogP contribution is -2.38. The molecule has 0 spiro atoms. The van der Waals surface area contributed by atoms with Crippen molar-refractivity contribution in [2.24, 2.45) is 10.9 Å². The highest BCUT2D eigenvalue weighted by molar-refractivity contribution is 14.0. The second kappa shape index (κ2) is 10.9. The van der Waals surface area contributed by atoms with Crippen molar-refractivity contribution in [2.75, 3.05) is 20.2 Å². The van der Waals surface area contributed by atoms with Gasteiger partial charge >= 0.3 is 0 Å². The fourth-order valence-electron chi connectivity index (χ4n) is 2.96. The van der Waals surface area contributed by atoms with Crippen LogP contribution in [0, 0.1) is 5.92 Å². The number of benzene rings is 1. The number of hydrogen-bond acceptors (Lipinski definition) is 5.